The van der Waals surface area contributed by atoms with Gasteiger partial charge in [0, 0.05) is 22.3 Å². The van der Waals surface area contributed by atoms with E-state index < -0.39 is 5.91 Å². The van der Waals surface area contributed by atoms with Crippen LogP contribution in [0.25, 0.3) is 0 Å². The molecule has 0 radical (unpaired) electrons. The molecule has 20 heavy (non-hydrogen) atoms. The van der Waals surface area contributed by atoms with Crippen molar-refractivity contribution in [2.45, 2.75) is 13.5 Å². The molecule has 2 rings (SSSR count). The third-order valence-electron chi connectivity index (χ3n) is 3.03. The van der Waals surface area contributed by atoms with Gasteiger partial charge in [-0.05, 0) is 64.3 Å². The maximum Gasteiger partial charge on any atom is 0.248 e. The van der Waals surface area contributed by atoms with Crippen molar-refractivity contribution in [3.05, 3.63) is 62.6 Å². The van der Waals surface area contributed by atoms with Gasteiger partial charge in [-0.25, -0.2) is 0 Å². The van der Waals surface area contributed by atoms with Crippen molar-refractivity contribution in [1.29, 1.82) is 0 Å². The molecule has 0 fully saturated rings. The Balaban J connectivity index is 2.10. The first-order valence-electron chi connectivity index (χ1n) is 6.05. The van der Waals surface area contributed by atoms with Gasteiger partial charge in [0.15, 0.2) is 0 Å². The molecular formula is C15H14BrClN2O. The number of nitrogens with one attached hydrogen (secondary N) is 1. The van der Waals surface area contributed by atoms with Crippen LogP contribution in [-0.2, 0) is 6.54 Å². The fraction of sp³-hybridized carbons (Fsp3) is 0.133. The highest BCUT2D eigenvalue weighted by atomic mass is 79.9. The average molecular weight is 354 g/mol. The topological polar surface area (TPSA) is 55.1 Å². The zero-order valence-corrected chi connectivity index (χ0v) is 13.3. The molecule has 0 aliphatic rings. The summed E-state index contributed by atoms with van der Waals surface area (Å²) < 4.78 is 0.852. The number of carbonyl (C=O) groups excluding carboxylic acids is 1. The van der Waals surface area contributed by atoms with Crippen LogP contribution < -0.4 is 11.1 Å². The van der Waals surface area contributed by atoms with Gasteiger partial charge in [-0.1, -0.05) is 17.7 Å². The summed E-state index contributed by atoms with van der Waals surface area (Å²) in [6, 6.07) is 11.1. The van der Waals surface area contributed by atoms with E-state index in [1.807, 2.05) is 31.2 Å². The summed E-state index contributed by atoms with van der Waals surface area (Å²) in [7, 11) is 0. The van der Waals surface area contributed by atoms with E-state index in [1.165, 1.54) is 0 Å². The van der Waals surface area contributed by atoms with Crippen LogP contribution in [0.4, 0.5) is 5.69 Å². The van der Waals surface area contributed by atoms with Crippen LogP contribution in [0, 0.1) is 6.92 Å². The van der Waals surface area contributed by atoms with Crippen molar-refractivity contribution < 1.29 is 4.79 Å². The molecule has 0 saturated carbocycles. The second-order valence-corrected chi connectivity index (χ2v) is 5.75. The zero-order chi connectivity index (χ0) is 14.7. The summed E-state index contributed by atoms with van der Waals surface area (Å²) in [5.74, 6) is -0.408. The quantitative estimate of drug-likeness (QED) is 0.868. The molecule has 5 heteroatoms. The summed E-state index contributed by atoms with van der Waals surface area (Å²) >= 11 is 9.34. The van der Waals surface area contributed by atoms with E-state index in [2.05, 4.69) is 21.2 Å². The SMILES string of the molecule is Cc1cc(C(N)=O)ccc1CNc1ccc(Cl)c(Br)c1. The van der Waals surface area contributed by atoms with Crippen LogP contribution in [0.1, 0.15) is 21.5 Å². The molecular weight excluding hydrogens is 340 g/mol. The molecule has 0 saturated heterocycles. The van der Waals surface area contributed by atoms with E-state index in [4.69, 9.17) is 17.3 Å². The number of anilines is 1. The third kappa shape index (κ3) is 3.52. The molecule has 104 valence electrons. The van der Waals surface area contributed by atoms with Gasteiger partial charge in [0.1, 0.15) is 0 Å². The predicted octanol–water partition coefficient (Wildman–Crippen LogP) is 4.12. The van der Waals surface area contributed by atoms with Crippen LogP contribution in [0.3, 0.4) is 0 Å². The smallest absolute Gasteiger partial charge is 0.248 e. The molecule has 3 N–H and O–H groups in total. The van der Waals surface area contributed by atoms with Crippen LogP contribution in [0.2, 0.25) is 5.02 Å². The highest BCUT2D eigenvalue weighted by molar-refractivity contribution is 9.10. The first kappa shape index (κ1) is 14.9. The van der Waals surface area contributed by atoms with E-state index in [0.29, 0.717) is 17.1 Å². The fourth-order valence-electron chi connectivity index (χ4n) is 1.85. The van der Waals surface area contributed by atoms with Gasteiger partial charge in [0.2, 0.25) is 5.91 Å². The molecule has 0 bridgehead atoms. The number of nitrogens with two attached hydrogens (primary N) is 1. The van der Waals surface area contributed by atoms with Gasteiger partial charge in [-0.3, -0.25) is 4.79 Å². The largest absolute Gasteiger partial charge is 0.381 e. The number of hydrogen-bond donors (Lipinski definition) is 2. The second-order valence-electron chi connectivity index (χ2n) is 4.49. The van der Waals surface area contributed by atoms with Crippen molar-refractivity contribution in [3.8, 4) is 0 Å². The lowest BCUT2D eigenvalue weighted by atomic mass is 10.0. The van der Waals surface area contributed by atoms with Gasteiger partial charge < -0.3 is 11.1 Å². The number of halogens is 2. The van der Waals surface area contributed by atoms with Gasteiger partial charge in [0.25, 0.3) is 0 Å². The fourth-order valence-corrected chi connectivity index (χ4v) is 2.35. The highest BCUT2D eigenvalue weighted by Crippen LogP contribution is 2.26. The number of amides is 1. The number of carbonyl (C=O) groups is 1. The minimum Gasteiger partial charge on any atom is -0.381 e. The van der Waals surface area contributed by atoms with E-state index in [-0.39, 0.29) is 0 Å². The van der Waals surface area contributed by atoms with Crippen molar-refractivity contribution in [3.63, 3.8) is 0 Å². The lowest BCUT2D eigenvalue weighted by Crippen LogP contribution is -2.11. The van der Waals surface area contributed by atoms with Crippen LogP contribution in [0.5, 0.6) is 0 Å². The number of benzene rings is 2. The molecule has 0 atom stereocenters. The summed E-state index contributed by atoms with van der Waals surface area (Å²) in [5.41, 5.74) is 8.90. The number of rotatable bonds is 4. The molecule has 0 heterocycles. The Bertz CT molecular complexity index is 658. The molecule has 2 aromatic carbocycles. The molecule has 0 spiro atoms. The van der Waals surface area contributed by atoms with E-state index in [0.717, 1.165) is 21.3 Å². The van der Waals surface area contributed by atoms with Gasteiger partial charge in [0.05, 0.1) is 5.02 Å². The zero-order valence-electron chi connectivity index (χ0n) is 10.9. The minimum atomic E-state index is -0.408. The number of hydrogen-bond acceptors (Lipinski definition) is 2. The first-order chi connectivity index (χ1) is 9.47. The lowest BCUT2D eigenvalue weighted by molar-refractivity contribution is 0.1000. The average Bonchev–Trinajstić information content (AvgIpc) is 2.41. The van der Waals surface area contributed by atoms with Crippen LogP contribution in [-0.4, -0.2) is 5.91 Å². The van der Waals surface area contributed by atoms with Crippen molar-refractivity contribution in [2.24, 2.45) is 5.73 Å². The predicted molar refractivity (Wildman–Crippen MR) is 86.2 cm³/mol. The van der Waals surface area contributed by atoms with E-state index in [1.54, 1.807) is 12.1 Å². The maximum absolute atomic E-state index is 11.1. The summed E-state index contributed by atoms with van der Waals surface area (Å²) in [6.45, 7) is 2.63. The Labute approximate surface area is 131 Å². The Morgan fingerprint density at radius 2 is 2.05 bits per heavy atom. The summed E-state index contributed by atoms with van der Waals surface area (Å²) in [4.78, 5) is 11.1. The Morgan fingerprint density at radius 3 is 2.65 bits per heavy atom. The minimum absolute atomic E-state index is 0.408. The second kappa shape index (κ2) is 6.29. The number of primary amides is 1. The maximum atomic E-state index is 11.1. The van der Waals surface area contributed by atoms with Gasteiger partial charge >= 0.3 is 0 Å². The highest BCUT2D eigenvalue weighted by Gasteiger charge is 2.05. The van der Waals surface area contributed by atoms with E-state index >= 15 is 0 Å². The van der Waals surface area contributed by atoms with Crippen molar-refractivity contribution in [2.75, 3.05) is 5.32 Å². The number of aryl methyl sites for hydroxylation is 1. The molecule has 3 nitrogen and oxygen atoms in total. The molecule has 0 unspecified atom stereocenters. The van der Waals surface area contributed by atoms with E-state index in [9.17, 15) is 4.79 Å². The Kier molecular flexibility index (Phi) is 4.68. The van der Waals surface area contributed by atoms with Gasteiger partial charge in [-0.15, -0.1) is 0 Å². The normalized spacial score (nSPS) is 10.3. The van der Waals surface area contributed by atoms with Crippen LogP contribution in [0.15, 0.2) is 40.9 Å². The van der Waals surface area contributed by atoms with Gasteiger partial charge in [-0.2, -0.15) is 0 Å². The monoisotopic (exact) mass is 352 g/mol. The Morgan fingerprint density at radius 1 is 1.30 bits per heavy atom. The summed E-state index contributed by atoms with van der Waals surface area (Å²) in [5, 5.41) is 3.99. The molecule has 0 aliphatic carbocycles. The first-order valence-corrected chi connectivity index (χ1v) is 7.22. The Hall–Kier alpha value is -1.52. The molecule has 2 aromatic rings. The lowest BCUT2D eigenvalue weighted by Gasteiger charge is -2.10. The molecule has 1 amide bonds. The standard InChI is InChI=1S/C15H14BrClN2O/c1-9-6-10(15(18)20)2-3-11(9)8-19-12-4-5-14(17)13(16)7-12/h2-7,19H,8H2,1H3,(H2,18,20). The van der Waals surface area contributed by atoms with Crippen molar-refractivity contribution >= 4 is 39.1 Å². The molecule has 0 aliphatic heterocycles. The third-order valence-corrected chi connectivity index (χ3v) is 4.24. The summed E-state index contributed by atoms with van der Waals surface area (Å²) in [6.07, 6.45) is 0. The van der Waals surface area contributed by atoms with Crippen molar-refractivity contribution in [1.82, 2.24) is 0 Å². The molecule has 0 aromatic heterocycles. The van der Waals surface area contributed by atoms with Crippen LogP contribution >= 0.6 is 27.5 Å².